The molecule has 0 aliphatic rings. The van der Waals surface area contributed by atoms with E-state index in [1.165, 1.54) is 24.3 Å². The van der Waals surface area contributed by atoms with Gasteiger partial charge in [-0.3, -0.25) is 10.1 Å². The number of hydrogen-bond acceptors (Lipinski definition) is 4. The van der Waals surface area contributed by atoms with Gasteiger partial charge in [0.25, 0.3) is 5.69 Å². The maximum atomic E-state index is 13.5. The summed E-state index contributed by atoms with van der Waals surface area (Å²) in [5.74, 6) is -2.58. The molecule has 0 atom stereocenters. The lowest BCUT2D eigenvalue weighted by Crippen LogP contribution is -2.03. The van der Waals surface area contributed by atoms with E-state index < -0.39 is 22.3 Å². The number of aromatic carboxylic acids is 1. The zero-order chi connectivity index (χ0) is 15.6. The minimum absolute atomic E-state index is 0.0646. The summed E-state index contributed by atoms with van der Waals surface area (Å²) in [5.41, 5.74) is -0.257. The number of carbonyl (C=O) groups is 1. The van der Waals surface area contributed by atoms with Gasteiger partial charge in [0.1, 0.15) is 22.9 Å². The van der Waals surface area contributed by atoms with Gasteiger partial charge < -0.3 is 9.84 Å². The van der Waals surface area contributed by atoms with Crippen LogP contribution in [0, 0.1) is 22.9 Å². The summed E-state index contributed by atoms with van der Waals surface area (Å²) < 4.78 is 18.8. The van der Waals surface area contributed by atoms with Crippen LogP contribution >= 0.6 is 0 Å². The van der Waals surface area contributed by atoms with Crippen LogP contribution in [0.5, 0.6) is 11.5 Å². The Balaban J connectivity index is 2.46. The lowest BCUT2D eigenvalue weighted by atomic mass is 10.2. The van der Waals surface area contributed by atoms with Gasteiger partial charge in [0.15, 0.2) is 0 Å². The first-order valence-corrected chi connectivity index (χ1v) is 5.84. The zero-order valence-electron chi connectivity index (χ0n) is 10.9. The van der Waals surface area contributed by atoms with E-state index >= 15 is 0 Å². The molecule has 0 radical (unpaired) electrons. The molecule has 0 fully saturated rings. The molecule has 2 aromatic rings. The molecule has 0 amide bonds. The Morgan fingerprint density at radius 2 is 2.05 bits per heavy atom. The lowest BCUT2D eigenvalue weighted by molar-refractivity contribution is -0.385. The van der Waals surface area contributed by atoms with Crippen molar-refractivity contribution >= 4 is 11.7 Å². The minimum Gasteiger partial charge on any atom is -0.477 e. The monoisotopic (exact) mass is 291 g/mol. The highest BCUT2D eigenvalue weighted by Gasteiger charge is 2.18. The largest absolute Gasteiger partial charge is 0.477 e. The summed E-state index contributed by atoms with van der Waals surface area (Å²) in [7, 11) is 0. The summed E-state index contributed by atoms with van der Waals surface area (Å²) in [4.78, 5) is 21.2. The molecule has 21 heavy (non-hydrogen) atoms. The van der Waals surface area contributed by atoms with E-state index in [0.717, 1.165) is 12.1 Å². The SMILES string of the molecule is Cc1cc(Oc2cccc(F)c2C(=O)O)cc([N+](=O)[O-])c1. The highest BCUT2D eigenvalue weighted by Crippen LogP contribution is 2.30. The number of nitro benzene ring substituents is 1. The standard InChI is InChI=1S/C14H10FNO5/c1-8-5-9(16(19)20)7-10(6-8)21-12-4-2-3-11(15)13(12)14(17)18/h2-7H,1H3,(H,17,18). The van der Waals surface area contributed by atoms with E-state index in [0.29, 0.717) is 5.56 Å². The predicted octanol–water partition coefficient (Wildman–Crippen LogP) is 3.53. The Hall–Kier alpha value is -2.96. The molecule has 0 spiro atoms. The quantitative estimate of drug-likeness (QED) is 0.687. The molecule has 7 heteroatoms. The van der Waals surface area contributed by atoms with Crippen LogP contribution in [0.3, 0.4) is 0 Å². The molecule has 6 nitrogen and oxygen atoms in total. The highest BCUT2D eigenvalue weighted by molar-refractivity contribution is 5.91. The van der Waals surface area contributed by atoms with E-state index in [2.05, 4.69) is 0 Å². The summed E-state index contributed by atoms with van der Waals surface area (Å²) in [6.07, 6.45) is 0. The highest BCUT2D eigenvalue weighted by atomic mass is 19.1. The van der Waals surface area contributed by atoms with Crippen LogP contribution in [0.1, 0.15) is 15.9 Å². The summed E-state index contributed by atoms with van der Waals surface area (Å²) in [6.45, 7) is 1.63. The van der Waals surface area contributed by atoms with Crippen molar-refractivity contribution in [2.45, 2.75) is 6.92 Å². The smallest absolute Gasteiger partial charge is 0.342 e. The molecule has 0 saturated heterocycles. The minimum atomic E-state index is -1.48. The van der Waals surface area contributed by atoms with E-state index in [1.54, 1.807) is 6.92 Å². The molecule has 0 aliphatic carbocycles. The maximum absolute atomic E-state index is 13.5. The van der Waals surface area contributed by atoms with E-state index in [9.17, 15) is 19.3 Å². The van der Waals surface area contributed by atoms with Gasteiger partial charge in [-0.05, 0) is 30.7 Å². The van der Waals surface area contributed by atoms with Crippen LogP contribution in [0.15, 0.2) is 36.4 Å². The molecule has 0 aliphatic heterocycles. The normalized spacial score (nSPS) is 10.2. The second kappa shape index (κ2) is 5.58. The Bertz CT molecular complexity index is 729. The number of halogens is 1. The molecular formula is C14H10FNO5. The molecule has 2 aromatic carbocycles. The summed E-state index contributed by atoms with van der Waals surface area (Å²) in [6, 6.07) is 7.54. The van der Waals surface area contributed by atoms with Crippen LogP contribution in [0.25, 0.3) is 0 Å². The van der Waals surface area contributed by atoms with Crippen molar-refractivity contribution in [2.75, 3.05) is 0 Å². The fourth-order valence-corrected chi connectivity index (χ4v) is 1.82. The maximum Gasteiger partial charge on any atom is 0.342 e. The number of hydrogen-bond donors (Lipinski definition) is 1. The summed E-state index contributed by atoms with van der Waals surface area (Å²) in [5, 5.41) is 19.8. The third kappa shape index (κ3) is 3.14. The fraction of sp³-hybridized carbons (Fsp3) is 0.0714. The van der Waals surface area contributed by atoms with Crippen molar-refractivity contribution in [3.63, 3.8) is 0 Å². The number of ether oxygens (including phenoxy) is 1. The van der Waals surface area contributed by atoms with Gasteiger partial charge in [-0.2, -0.15) is 0 Å². The molecular weight excluding hydrogens is 281 g/mol. The Labute approximate surface area is 118 Å². The first-order valence-electron chi connectivity index (χ1n) is 5.84. The lowest BCUT2D eigenvalue weighted by Gasteiger charge is -2.09. The number of nitro groups is 1. The summed E-state index contributed by atoms with van der Waals surface area (Å²) >= 11 is 0. The van der Waals surface area contributed by atoms with Crippen LogP contribution in [0.2, 0.25) is 0 Å². The average Bonchev–Trinajstić information content (AvgIpc) is 2.37. The van der Waals surface area contributed by atoms with Crippen molar-refractivity contribution in [2.24, 2.45) is 0 Å². The van der Waals surface area contributed by atoms with Crippen molar-refractivity contribution < 1.29 is 24.0 Å². The van der Waals surface area contributed by atoms with Crippen molar-refractivity contribution in [1.82, 2.24) is 0 Å². The molecule has 0 unspecified atom stereocenters. The number of benzene rings is 2. The number of aryl methyl sites for hydroxylation is 1. The number of rotatable bonds is 4. The Morgan fingerprint density at radius 3 is 2.67 bits per heavy atom. The number of carboxylic acids is 1. The van der Waals surface area contributed by atoms with Crippen LogP contribution in [-0.2, 0) is 0 Å². The topological polar surface area (TPSA) is 89.7 Å². The Kier molecular flexibility index (Phi) is 3.84. The van der Waals surface area contributed by atoms with Crippen LogP contribution < -0.4 is 4.74 Å². The second-order valence-corrected chi connectivity index (χ2v) is 4.28. The van der Waals surface area contributed by atoms with E-state index in [4.69, 9.17) is 9.84 Å². The van der Waals surface area contributed by atoms with Crippen LogP contribution in [0.4, 0.5) is 10.1 Å². The van der Waals surface area contributed by atoms with Gasteiger partial charge in [-0.15, -0.1) is 0 Å². The van der Waals surface area contributed by atoms with Crippen molar-refractivity contribution in [3.05, 3.63) is 63.5 Å². The first-order chi connectivity index (χ1) is 9.88. The third-order valence-corrected chi connectivity index (χ3v) is 2.66. The fourth-order valence-electron chi connectivity index (χ4n) is 1.82. The second-order valence-electron chi connectivity index (χ2n) is 4.28. The Morgan fingerprint density at radius 1 is 1.33 bits per heavy atom. The van der Waals surface area contributed by atoms with Crippen molar-refractivity contribution in [3.8, 4) is 11.5 Å². The number of nitrogens with zero attached hydrogens (tertiary/aromatic N) is 1. The first kappa shape index (κ1) is 14.4. The molecule has 2 rings (SSSR count). The van der Waals surface area contributed by atoms with Crippen molar-refractivity contribution in [1.29, 1.82) is 0 Å². The average molecular weight is 291 g/mol. The molecule has 1 N–H and O–H groups in total. The van der Waals surface area contributed by atoms with E-state index in [1.807, 2.05) is 0 Å². The number of carboxylic acid groups (broad SMARTS) is 1. The van der Waals surface area contributed by atoms with E-state index in [-0.39, 0.29) is 17.2 Å². The molecule has 108 valence electrons. The van der Waals surface area contributed by atoms with Gasteiger partial charge >= 0.3 is 5.97 Å². The number of non-ortho nitro benzene ring substituents is 1. The molecule has 0 heterocycles. The molecule has 0 aromatic heterocycles. The molecule has 0 bridgehead atoms. The van der Waals surface area contributed by atoms with Gasteiger partial charge in [0.05, 0.1) is 11.0 Å². The van der Waals surface area contributed by atoms with Gasteiger partial charge in [0, 0.05) is 6.07 Å². The van der Waals surface area contributed by atoms with Gasteiger partial charge in [-0.25, -0.2) is 9.18 Å². The predicted molar refractivity (Wildman–Crippen MR) is 71.3 cm³/mol. The third-order valence-electron chi connectivity index (χ3n) is 2.66. The van der Waals surface area contributed by atoms with Gasteiger partial charge in [0.2, 0.25) is 0 Å². The molecule has 0 saturated carbocycles. The van der Waals surface area contributed by atoms with Gasteiger partial charge in [-0.1, -0.05) is 6.07 Å². The zero-order valence-corrected chi connectivity index (χ0v) is 10.9. The van der Waals surface area contributed by atoms with Crippen LogP contribution in [-0.4, -0.2) is 16.0 Å².